The van der Waals surface area contributed by atoms with Gasteiger partial charge in [0.15, 0.2) is 11.4 Å². The Kier molecular flexibility index (Phi) is 4.66. The van der Waals surface area contributed by atoms with Crippen LogP contribution < -0.4 is 10.9 Å². The number of nitrogens with zero attached hydrogens (tertiary/aromatic N) is 3. The molecule has 4 heterocycles. The zero-order chi connectivity index (χ0) is 22.4. The Morgan fingerprint density at radius 3 is 2.56 bits per heavy atom. The molecule has 0 aliphatic rings. The van der Waals surface area contributed by atoms with Crippen molar-refractivity contribution in [2.24, 2.45) is 0 Å². The Hall–Kier alpha value is -4.13. The highest BCUT2D eigenvalue weighted by Gasteiger charge is 2.17. The van der Waals surface area contributed by atoms with Gasteiger partial charge in [0.25, 0.3) is 11.5 Å². The van der Waals surface area contributed by atoms with Crippen LogP contribution >= 0.6 is 0 Å². The van der Waals surface area contributed by atoms with Crippen LogP contribution in [0.3, 0.4) is 0 Å². The molecule has 0 radical (unpaired) electrons. The van der Waals surface area contributed by atoms with E-state index >= 15 is 0 Å². The predicted octanol–water partition coefficient (Wildman–Crippen LogP) is 4.47. The molecule has 0 saturated carbocycles. The average molecular weight is 426 g/mol. The molecule has 0 bridgehead atoms. The van der Waals surface area contributed by atoms with Gasteiger partial charge in [-0.1, -0.05) is 17.7 Å². The third-order valence-corrected chi connectivity index (χ3v) is 5.61. The molecular weight excluding hydrogens is 404 g/mol. The van der Waals surface area contributed by atoms with Gasteiger partial charge in [-0.05, 0) is 68.3 Å². The minimum absolute atomic E-state index is 0.171. The van der Waals surface area contributed by atoms with Gasteiger partial charge in [0, 0.05) is 18.1 Å². The van der Waals surface area contributed by atoms with E-state index in [9.17, 15) is 9.59 Å². The van der Waals surface area contributed by atoms with Crippen molar-refractivity contribution in [2.75, 3.05) is 5.32 Å². The minimum atomic E-state index is -0.330. The second-order valence-electron chi connectivity index (χ2n) is 7.99. The van der Waals surface area contributed by atoms with Crippen molar-refractivity contribution < 1.29 is 9.21 Å². The van der Waals surface area contributed by atoms with E-state index < -0.39 is 0 Å². The van der Waals surface area contributed by atoms with Crippen LogP contribution in [0.25, 0.3) is 16.7 Å². The van der Waals surface area contributed by atoms with Gasteiger partial charge >= 0.3 is 0 Å². The number of benzene rings is 1. The lowest BCUT2D eigenvalue weighted by atomic mass is 10.1. The summed E-state index contributed by atoms with van der Waals surface area (Å²) in [6, 6.07) is 14.8. The van der Waals surface area contributed by atoms with Crippen molar-refractivity contribution in [3.63, 3.8) is 0 Å². The number of furan rings is 1. The van der Waals surface area contributed by atoms with Crippen LogP contribution in [0, 0.1) is 20.8 Å². The molecule has 32 heavy (non-hydrogen) atoms. The first kappa shape index (κ1) is 19.8. The first-order chi connectivity index (χ1) is 15.4. The van der Waals surface area contributed by atoms with E-state index in [0.29, 0.717) is 16.9 Å². The fourth-order valence-corrected chi connectivity index (χ4v) is 4.22. The Bertz CT molecular complexity index is 1530. The maximum atomic E-state index is 13.1. The molecule has 0 spiro atoms. The fourth-order valence-electron chi connectivity index (χ4n) is 4.22. The molecule has 160 valence electrons. The summed E-state index contributed by atoms with van der Waals surface area (Å²) in [6.07, 6.45) is 3.50. The van der Waals surface area contributed by atoms with Gasteiger partial charge < -0.3 is 14.1 Å². The number of hydrogen-bond acceptors (Lipinski definition) is 4. The lowest BCUT2D eigenvalue weighted by Crippen LogP contribution is -2.23. The molecule has 0 aliphatic carbocycles. The molecule has 4 aromatic heterocycles. The van der Waals surface area contributed by atoms with Gasteiger partial charge in [-0.3, -0.25) is 14.2 Å². The van der Waals surface area contributed by atoms with E-state index in [-0.39, 0.29) is 23.8 Å². The van der Waals surface area contributed by atoms with Gasteiger partial charge in [-0.25, -0.2) is 4.98 Å². The van der Waals surface area contributed by atoms with Crippen molar-refractivity contribution in [1.29, 1.82) is 0 Å². The van der Waals surface area contributed by atoms with E-state index in [0.717, 1.165) is 27.9 Å². The third kappa shape index (κ3) is 3.28. The summed E-state index contributed by atoms with van der Waals surface area (Å²) in [7, 11) is 0. The summed E-state index contributed by atoms with van der Waals surface area (Å²) < 4.78 is 9.21. The number of carbonyl (C=O) groups is 1. The third-order valence-electron chi connectivity index (χ3n) is 5.61. The number of pyridine rings is 1. The van der Waals surface area contributed by atoms with E-state index in [1.54, 1.807) is 29.0 Å². The van der Waals surface area contributed by atoms with Crippen molar-refractivity contribution in [2.45, 2.75) is 27.3 Å². The van der Waals surface area contributed by atoms with Crippen LogP contribution in [0.1, 0.15) is 33.0 Å². The minimum Gasteiger partial charge on any atom is -0.454 e. The van der Waals surface area contributed by atoms with Gasteiger partial charge in [0.1, 0.15) is 11.3 Å². The zero-order valence-corrected chi connectivity index (χ0v) is 18.0. The summed E-state index contributed by atoms with van der Waals surface area (Å²) in [5, 5.41) is 2.94. The smallest absolute Gasteiger partial charge is 0.291 e. The molecule has 0 saturated heterocycles. The predicted molar refractivity (Wildman–Crippen MR) is 123 cm³/mol. The van der Waals surface area contributed by atoms with E-state index in [1.165, 1.54) is 0 Å². The first-order valence-electron chi connectivity index (χ1n) is 10.3. The molecule has 1 amide bonds. The lowest BCUT2D eigenvalue weighted by Gasteiger charge is -2.12. The number of nitrogens with one attached hydrogen (secondary N) is 1. The lowest BCUT2D eigenvalue weighted by molar-refractivity contribution is 0.0994. The number of fused-ring (bicyclic) bond motifs is 3. The molecule has 0 unspecified atom stereocenters. The van der Waals surface area contributed by atoms with Crippen LogP contribution in [0.15, 0.2) is 70.1 Å². The monoisotopic (exact) mass is 426 g/mol. The second-order valence-corrected chi connectivity index (χ2v) is 7.99. The number of hydrogen-bond donors (Lipinski definition) is 1. The molecule has 5 aromatic rings. The largest absolute Gasteiger partial charge is 0.454 e. The fraction of sp³-hybridized carbons (Fsp3) is 0.160. The SMILES string of the molecule is Cc1cc(C)c(NC(=O)c2ccc(Cn3c(=O)c4cccn4c4cccnc43)o2)c(C)c1. The molecule has 1 N–H and O–H groups in total. The normalized spacial score (nSPS) is 11.3. The van der Waals surface area contributed by atoms with Crippen LogP contribution in [0.2, 0.25) is 0 Å². The number of amides is 1. The summed E-state index contributed by atoms with van der Waals surface area (Å²) in [4.78, 5) is 30.3. The summed E-state index contributed by atoms with van der Waals surface area (Å²) in [5.74, 6) is 0.356. The van der Waals surface area contributed by atoms with Crippen LogP contribution in [0.5, 0.6) is 0 Å². The molecule has 7 nitrogen and oxygen atoms in total. The Labute approximate surface area is 183 Å². The molecule has 0 fully saturated rings. The Morgan fingerprint density at radius 1 is 1.03 bits per heavy atom. The van der Waals surface area contributed by atoms with Crippen molar-refractivity contribution >= 4 is 28.3 Å². The van der Waals surface area contributed by atoms with Crippen LogP contribution in [-0.2, 0) is 6.54 Å². The highest BCUT2D eigenvalue weighted by Crippen LogP contribution is 2.23. The quantitative estimate of drug-likeness (QED) is 0.460. The molecule has 7 heteroatoms. The zero-order valence-electron chi connectivity index (χ0n) is 18.0. The highest BCUT2D eigenvalue weighted by atomic mass is 16.4. The summed E-state index contributed by atoms with van der Waals surface area (Å²) in [6.45, 7) is 6.12. The van der Waals surface area contributed by atoms with Gasteiger partial charge in [0.2, 0.25) is 0 Å². The summed E-state index contributed by atoms with van der Waals surface area (Å²) >= 11 is 0. The van der Waals surface area contributed by atoms with Gasteiger partial charge in [-0.15, -0.1) is 0 Å². The number of carbonyl (C=O) groups excluding carboxylic acids is 1. The van der Waals surface area contributed by atoms with Crippen LogP contribution in [-0.4, -0.2) is 19.9 Å². The average Bonchev–Trinajstić information content (AvgIpc) is 3.43. The summed E-state index contributed by atoms with van der Waals surface area (Å²) in [5.41, 5.74) is 5.67. The Morgan fingerprint density at radius 2 is 1.78 bits per heavy atom. The molecule has 1 aromatic carbocycles. The van der Waals surface area contributed by atoms with E-state index in [1.807, 2.05) is 61.7 Å². The maximum absolute atomic E-state index is 13.1. The molecule has 0 atom stereocenters. The molecule has 5 rings (SSSR count). The van der Waals surface area contributed by atoms with E-state index in [4.69, 9.17) is 4.42 Å². The van der Waals surface area contributed by atoms with Crippen LogP contribution in [0.4, 0.5) is 5.69 Å². The molecule has 0 aliphatic heterocycles. The van der Waals surface area contributed by atoms with Gasteiger partial charge in [0.05, 0.1) is 12.1 Å². The number of anilines is 1. The van der Waals surface area contributed by atoms with E-state index in [2.05, 4.69) is 10.3 Å². The molecular formula is C25H22N4O3. The second kappa shape index (κ2) is 7.53. The highest BCUT2D eigenvalue weighted by molar-refractivity contribution is 6.03. The Balaban J connectivity index is 1.47. The van der Waals surface area contributed by atoms with Crippen molar-refractivity contribution in [3.8, 4) is 0 Å². The topological polar surface area (TPSA) is 81.5 Å². The number of rotatable bonds is 4. The maximum Gasteiger partial charge on any atom is 0.291 e. The number of aryl methyl sites for hydroxylation is 3. The van der Waals surface area contributed by atoms with Crippen molar-refractivity contribution in [1.82, 2.24) is 14.0 Å². The first-order valence-corrected chi connectivity index (χ1v) is 10.3. The van der Waals surface area contributed by atoms with Crippen molar-refractivity contribution in [3.05, 3.63) is 99.5 Å². The van der Waals surface area contributed by atoms with Gasteiger partial charge in [-0.2, -0.15) is 0 Å². The standard InChI is InChI=1S/C25H22N4O3/c1-15-12-16(2)22(17(3)13-15)27-24(30)21-9-8-18(32-21)14-29-23-19(6-4-10-26-23)28-11-5-7-20(28)25(29)31/h4-13H,14H2,1-3H3,(H,27,30). The number of aromatic nitrogens is 3.